The van der Waals surface area contributed by atoms with Gasteiger partial charge in [-0.2, -0.15) is 0 Å². The zero-order chi connectivity index (χ0) is 16.2. The fraction of sp³-hybridized carbons (Fsp3) is 0.529. The number of anilines is 1. The van der Waals surface area contributed by atoms with E-state index < -0.39 is 5.41 Å². The summed E-state index contributed by atoms with van der Waals surface area (Å²) < 4.78 is 0. The van der Waals surface area contributed by atoms with Crippen LogP contribution in [0.15, 0.2) is 18.2 Å². The molecule has 1 aromatic carbocycles. The highest BCUT2D eigenvalue weighted by Gasteiger charge is 2.38. The number of carbonyl (C=O) groups excluding carboxylic acids is 2. The van der Waals surface area contributed by atoms with Gasteiger partial charge in [-0.3, -0.25) is 9.59 Å². The molecule has 0 spiro atoms. The Hall–Kier alpha value is -1.84. The molecule has 0 atom stereocenters. The summed E-state index contributed by atoms with van der Waals surface area (Å²) in [6.07, 6.45) is 0. The third kappa shape index (κ3) is 3.84. The maximum Gasteiger partial charge on any atom is 0.239 e. The van der Waals surface area contributed by atoms with Crippen LogP contribution in [0.1, 0.15) is 38.8 Å². The minimum Gasteiger partial charge on any atom is -0.342 e. The molecular formula is C17H26N2O2. The average Bonchev–Trinajstić information content (AvgIpc) is 2.43. The normalized spacial score (nSPS) is 11.1. The molecule has 0 aliphatic carbocycles. The van der Waals surface area contributed by atoms with Crippen molar-refractivity contribution in [2.45, 2.75) is 41.5 Å². The minimum absolute atomic E-state index is 0.143. The van der Waals surface area contributed by atoms with Crippen LogP contribution in [0.5, 0.6) is 0 Å². The van der Waals surface area contributed by atoms with Crippen molar-refractivity contribution < 1.29 is 9.59 Å². The number of hydrogen-bond acceptors (Lipinski definition) is 2. The van der Waals surface area contributed by atoms with Crippen molar-refractivity contribution in [3.05, 3.63) is 29.3 Å². The van der Waals surface area contributed by atoms with Gasteiger partial charge in [0.1, 0.15) is 5.41 Å². The first-order valence-electron chi connectivity index (χ1n) is 7.42. The van der Waals surface area contributed by atoms with Gasteiger partial charge in [0.25, 0.3) is 0 Å². The van der Waals surface area contributed by atoms with Crippen molar-refractivity contribution in [1.29, 1.82) is 0 Å². The zero-order valence-corrected chi connectivity index (χ0v) is 13.9. The first-order chi connectivity index (χ1) is 9.73. The van der Waals surface area contributed by atoms with E-state index in [1.54, 1.807) is 18.7 Å². The lowest BCUT2D eigenvalue weighted by Gasteiger charge is -2.29. The van der Waals surface area contributed by atoms with Crippen LogP contribution in [0.2, 0.25) is 0 Å². The zero-order valence-electron chi connectivity index (χ0n) is 13.9. The van der Waals surface area contributed by atoms with E-state index in [9.17, 15) is 9.59 Å². The molecule has 4 nitrogen and oxygen atoms in total. The van der Waals surface area contributed by atoms with E-state index in [1.165, 1.54) is 0 Å². The summed E-state index contributed by atoms with van der Waals surface area (Å²) in [5.41, 5.74) is 1.74. The van der Waals surface area contributed by atoms with Gasteiger partial charge >= 0.3 is 0 Å². The molecule has 0 bridgehead atoms. The third-order valence-electron chi connectivity index (χ3n) is 3.79. The van der Waals surface area contributed by atoms with Crippen molar-refractivity contribution in [2.75, 3.05) is 18.4 Å². The van der Waals surface area contributed by atoms with Gasteiger partial charge in [-0.15, -0.1) is 0 Å². The summed E-state index contributed by atoms with van der Waals surface area (Å²) in [4.78, 5) is 26.7. The Balaban J connectivity index is 2.96. The number of benzene rings is 1. The van der Waals surface area contributed by atoms with E-state index >= 15 is 0 Å². The summed E-state index contributed by atoms with van der Waals surface area (Å²) in [5, 5.41) is 2.89. The molecule has 4 heteroatoms. The third-order valence-corrected chi connectivity index (χ3v) is 3.79. The number of amides is 2. The molecule has 0 aliphatic rings. The molecule has 0 aromatic heterocycles. The van der Waals surface area contributed by atoms with Gasteiger partial charge in [-0.05, 0) is 58.7 Å². The van der Waals surface area contributed by atoms with Crippen LogP contribution in [0.3, 0.4) is 0 Å². The van der Waals surface area contributed by atoms with Gasteiger partial charge in [0.05, 0.1) is 0 Å². The monoisotopic (exact) mass is 290 g/mol. The molecule has 0 aliphatic heterocycles. The van der Waals surface area contributed by atoms with E-state index in [-0.39, 0.29) is 11.8 Å². The Morgan fingerprint density at radius 3 is 2.24 bits per heavy atom. The molecule has 0 fully saturated rings. The Labute approximate surface area is 127 Å². The predicted molar refractivity (Wildman–Crippen MR) is 86.3 cm³/mol. The first-order valence-corrected chi connectivity index (χ1v) is 7.42. The molecule has 21 heavy (non-hydrogen) atoms. The molecular weight excluding hydrogens is 264 g/mol. The molecule has 0 radical (unpaired) electrons. The average molecular weight is 290 g/mol. The molecule has 1 aromatic rings. The smallest absolute Gasteiger partial charge is 0.239 e. The lowest BCUT2D eigenvalue weighted by atomic mass is 9.90. The van der Waals surface area contributed by atoms with Crippen LogP contribution in [-0.4, -0.2) is 29.8 Å². The van der Waals surface area contributed by atoms with Crippen LogP contribution in [0.25, 0.3) is 0 Å². The van der Waals surface area contributed by atoms with Crippen LogP contribution in [0.4, 0.5) is 5.69 Å². The number of nitrogens with one attached hydrogen (secondary N) is 1. The summed E-state index contributed by atoms with van der Waals surface area (Å²) in [7, 11) is 0. The van der Waals surface area contributed by atoms with Crippen molar-refractivity contribution >= 4 is 17.5 Å². The Morgan fingerprint density at radius 1 is 1.14 bits per heavy atom. The molecule has 1 N–H and O–H groups in total. The number of aryl methyl sites for hydroxylation is 2. The largest absolute Gasteiger partial charge is 0.342 e. The second-order valence-corrected chi connectivity index (χ2v) is 5.87. The number of rotatable bonds is 5. The number of hydrogen-bond donors (Lipinski definition) is 1. The second-order valence-electron chi connectivity index (χ2n) is 5.87. The molecule has 0 heterocycles. The van der Waals surface area contributed by atoms with Gasteiger partial charge in [-0.25, -0.2) is 0 Å². The van der Waals surface area contributed by atoms with Crippen molar-refractivity contribution in [2.24, 2.45) is 5.41 Å². The van der Waals surface area contributed by atoms with Gasteiger partial charge in [0.15, 0.2) is 0 Å². The van der Waals surface area contributed by atoms with Crippen molar-refractivity contribution in [1.82, 2.24) is 4.90 Å². The fourth-order valence-corrected chi connectivity index (χ4v) is 2.15. The van der Waals surface area contributed by atoms with Gasteiger partial charge < -0.3 is 10.2 Å². The maximum atomic E-state index is 12.5. The minimum atomic E-state index is -1.08. The van der Waals surface area contributed by atoms with Crippen molar-refractivity contribution in [3.8, 4) is 0 Å². The van der Waals surface area contributed by atoms with Crippen LogP contribution >= 0.6 is 0 Å². The quantitative estimate of drug-likeness (QED) is 0.847. The summed E-state index contributed by atoms with van der Waals surface area (Å²) in [5.74, 6) is -0.414. The van der Waals surface area contributed by atoms with Crippen LogP contribution in [0, 0.1) is 19.3 Å². The molecule has 2 amide bonds. The Bertz CT molecular complexity index is 532. The Morgan fingerprint density at radius 2 is 1.71 bits per heavy atom. The van der Waals surface area contributed by atoms with E-state index in [0.717, 1.165) is 16.8 Å². The highest BCUT2D eigenvalue weighted by atomic mass is 16.2. The molecule has 1 rings (SSSR count). The maximum absolute atomic E-state index is 12.5. The fourth-order valence-electron chi connectivity index (χ4n) is 2.15. The molecule has 0 saturated heterocycles. The molecule has 0 unspecified atom stereocenters. The Kier molecular flexibility index (Phi) is 5.53. The summed E-state index contributed by atoms with van der Waals surface area (Å²) >= 11 is 0. The summed E-state index contributed by atoms with van der Waals surface area (Å²) in [6.45, 7) is 12.3. The highest BCUT2D eigenvalue weighted by molar-refractivity contribution is 6.10. The second kappa shape index (κ2) is 6.74. The van der Waals surface area contributed by atoms with Gasteiger partial charge in [0.2, 0.25) is 11.8 Å². The van der Waals surface area contributed by atoms with Gasteiger partial charge in [0, 0.05) is 18.8 Å². The van der Waals surface area contributed by atoms with Crippen LogP contribution in [-0.2, 0) is 9.59 Å². The standard InChI is InChI=1S/C17H26N2O2/c1-7-19(8-2)16(21)17(5,6)15(20)18-14-11-12(3)9-10-13(14)4/h9-11H,7-8H2,1-6H3,(H,18,20). The van der Waals surface area contributed by atoms with E-state index in [4.69, 9.17) is 0 Å². The molecule has 0 saturated carbocycles. The van der Waals surface area contributed by atoms with Crippen molar-refractivity contribution in [3.63, 3.8) is 0 Å². The van der Waals surface area contributed by atoms with Crippen LogP contribution < -0.4 is 5.32 Å². The number of carbonyl (C=O) groups is 2. The first kappa shape index (κ1) is 17.2. The summed E-state index contributed by atoms with van der Waals surface area (Å²) in [6, 6.07) is 5.88. The van der Waals surface area contributed by atoms with Gasteiger partial charge in [-0.1, -0.05) is 12.1 Å². The van der Waals surface area contributed by atoms with E-state index in [0.29, 0.717) is 13.1 Å². The van der Waals surface area contributed by atoms with E-state index in [2.05, 4.69) is 5.32 Å². The highest BCUT2D eigenvalue weighted by Crippen LogP contribution is 2.24. The lowest BCUT2D eigenvalue weighted by molar-refractivity contribution is -0.146. The molecule has 116 valence electrons. The topological polar surface area (TPSA) is 49.4 Å². The van der Waals surface area contributed by atoms with E-state index in [1.807, 2.05) is 45.9 Å². The SMILES string of the molecule is CCN(CC)C(=O)C(C)(C)C(=O)Nc1cc(C)ccc1C. The predicted octanol–water partition coefficient (Wildman–Crippen LogP) is 3.14. The number of nitrogens with zero attached hydrogens (tertiary/aromatic N) is 1. The lowest BCUT2D eigenvalue weighted by Crippen LogP contribution is -2.47.